The fourth-order valence-corrected chi connectivity index (χ4v) is 1.15. The molecular weight excluding hydrogens is 225 g/mol. The number of hydrogen-bond acceptors (Lipinski definition) is 2. The van der Waals surface area contributed by atoms with Crippen molar-refractivity contribution in [3.63, 3.8) is 0 Å². The highest BCUT2D eigenvalue weighted by Crippen LogP contribution is 2.10. The van der Waals surface area contributed by atoms with Gasteiger partial charge in [-0.15, -0.1) is 0 Å². The monoisotopic (exact) mass is 233 g/mol. The molecule has 1 aromatic rings. The van der Waals surface area contributed by atoms with Crippen LogP contribution < -0.4 is 0 Å². The first-order chi connectivity index (χ1) is 8.13. The van der Waals surface area contributed by atoms with E-state index in [-0.39, 0.29) is 18.5 Å². The van der Waals surface area contributed by atoms with Crippen molar-refractivity contribution in [1.82, 2.24) is 0 Å². The minimum Gasteiger partial charge on any atom is -0.481 e. The van der Waals surface area contributed by atoms with Gasteiger partial charge < -0.3 is 5.11 Å². The zero-order valence-electron chi connectivity index (χ0n) is 8.72. The molecule has 17 heavy (non-hydrogen) atoms. The maximum atomic E-state index is 13.3. The summed E-state index contributed by atoms with van der Waals surface area (Å²) in [7, 11) is 0. The number of nitrogens with zero attached hydrogens (tertiary/aromatic N) is 3. The standard InChI is InChI=1S/C11H8FN3O2/c12-10-4-3-8(7-11(16)17)6-9(10)2-1-5-14-15-13/h3-4,6H,5,7H2,(H,16,17). The molecule has 6 heteroatoms. The van der Waals surface area contributed by atoms with Crippen molar-refractivity contribution >= 4 is 5.97 Å². The van der Waals surface area contributed by atoms with Crippen molar-refractivity contribution in [2.24, 2.45) is 5.11 Å². The molecule has 0 saturated carbocycles. The Kier molecular flexibility index (Phi) is 4.55. The summed E-state index contributed by atoms with van der Waals surface area (Å²) >= 11 is 0. The number of halogens is 1. The van der Waals surface area contributed by atoms with Gasteiger partial charge in [-0.3, -0.25) is 4.79 Å². The van der Waals surface area contributed by atoms with Gasteiger partial charge in [0.2, 0.25) is 0 Å². The predicted molar refractivity (Wildman–Crippen MR) is 58.6 cm³/mol. The topological polar surface area (TPSA) is 86.1 Å². The fraction of sp³-hybridized carbons (Fsp3) is 0.182. The second kappa shape index (κ2) is 6.16. The first kappa shape index (κ1) is 12.6. The lowest BCUT2D eigenvalue weighted by Gasteiger charge is -1.99. The van der Waals surface area contributed by atoms with Crippen molar-refractivity contribution in [3.8, 4) is 11.8 Å². The number of hydrogen-bond donors (Lipinski definition) is 1. The number of carbonyl (C=O) groups is 1. The molecule has 0 saturated heterocycles. The molecule has 0 spiro atoms. The molecule has 5 nitrogen and oxygen atoms in total. The van der Waals surface area contributed by atoms with Gasteiger partial charge in [0.1, 0.15) is 5.82 Å². The first-order valence-electron chi connectivity index (χ1n) is 4.63. The third-order valence-electron chi connectivity index (χ3n) is 1.82. The minimum atomic E-state index is -0.996. The molecule has 0 fully saturated rings. The van der Waals surface area contributed by atoms with Gasteiger partial charge >= 0.3 is 5.97 Å². The van der Waals surface area contributed by atoms with E-state index in [9.17, 15) is 9.18 Å². The maximum Gasteiger partial charge on any atom is 0.307 e. The van der Waals surface area contributed by atoms with Crippen LogP contribution in [-0.4, -0.2) is 17.6 Å². The number of carboxylic acid groups (broad SMARTS) is 1. The van der Waals surface area contributed by atoms with Crippen LogP contribution in [0.3, 0.4) is 0 Å². The predicted octanol–water partition coefficient (Wildman–Crippen LogP) is 2.11. The summed E-state index contributed by atoms with van der Waals surface area (Å²) in [4.78, 5) is 13.0. The van der Waals surface area contributed by atoms with Gasteiger partial charge in [-0.2, -0.15) is 0 Å². The number of azide groups is 1. The van der Waals surface area contributed by atoms with E-state index in [4.69, 9.17) is 10.6 Å². The maximum absolute atomic E-state index is 13.3. The van der Waals surface area contributed by atoms with Crippen LogP contribution in [-0.2, 0) is 11.2 Å². The highest BCUT2D eigenvalue weighted by atomic mass is 19.1. The third kappa shape index (κ3) is 4.24. The lowest BCUT2D eigenvalue weighted by Crippen LogP contribution is -2.00. The molecular formula is C11H8FN3O2. The second-order valence-electron chi connectivity index (χ2n) is 3.08. The molecule has 0 unspecified atom stereocenters. The molecule has 86 valence electrons. The van der Waals surface area contributed by atoms with E-state index in [0.717, 1.165) is 6.07 Å². The van der Waals surface area contributed by atoms with Crippen molar-refractivity contribution in [2.75, 3.05) is 6.54 Å². The number of rotatable bonds is 3. The molecule has 0 amide bonds. The molecule has 0 aliphatic rings. The Labute approximate surface area is 96.5 Å². The smallest absolute Gasteiger partial charge is 0.307 e. The Bertz CT molecular complexity index is 539. The van der Waals surface area contributed by atoms with E-state index < -0.39 is 11.8 Å². The Hall–Kier alpha value is -2.51. The van der Waals surface area contributed by atoms with Crippen LogP contribution in [0.25, 0.3) is 10.4 Å². The Balaban J connectivity index is 2.92. The summed E-state index contributed by atoms with van der Waals surface area (Å²) < 4.78 is 13.3. The van der Waals surface area contributed by atoms with Crippen LogP contribution in [0.1, 0.15) is 11.1 Å². The van der Waals surface area contributed by atoms with Crippen molar-refractivity contribution in [2.45, 2.75) is 6.42 Å². The summed E-state index contributed by atoms with van der Waals surface area (Å²) in [6, 6.07) is 3.92. The van der Waals surface area contributed by atoms with E-state index in [1.165, 1.54) is 12.1 Å². The summed E-state index contributed by atoms with van der Waals surface area (Å²) in [5.74, 6) is 3.41. The first-order valence-corrected chi connectivity index (χ1v) is 4.63. The molecule has 0 aromatic heterocycles. The number of benzene rings is 1. The van der Waals surface area contributed by atoms with E-state index >= 15 is 0 Å². The average Bonchev–Trinajstić information content (AvgIpc) is 2.28. The van der Waals surface area contributed by atoms with Gasteiger partial charge in [0, 0.05) is 4.91 Å². The Morgan fingerprint density at radius 3 is 3.00 bits per heavy atom. The Morgan fingerprint density at radius 1 is 1.59 bits per heavy atom. The van der Waals surface area contributed by atoms with Gasteiger partial charge in [0.05, 0.1) is 18.5 Å². The van der Waals surface area contributed by atoms with E-state index in [1.807, 2.05) is 0 Å². The van der Waals surface area contributed by atoms with Crippen LogP contribution in [0, 0.1) is 17.7 Å². The minimum absolute atomic E-state index is 0.0565. The van der Waals surface area contributed by atoms with Crippen LogP contribution in [0.15, 0.2) is 23.3 Å². The third-order valence-corrected chi connectivity index (χ3v) is 1.82. The van der Waals surface area contributed by atoms with Crippen molar-refractivity contribution in [3.05, 3.63) is 45.6 Å². The molecule has 0 aliphatic carbocycles. The van der Waals surface area contributed by atoms with Crippen LogP contribution in [0.4, 0.5) is 4.39 Å². The molecule has 0 bridgehead atoms. The summed E-state index contributed by atoms with van der Waals surface area (Å²) in [5, 5.41) is 11.8. The molecule has 0 heterocycles. The molecule has 1 aromatic carbocycles. The lowest BCUT2D eigenvalue weighted by molar-refractivity contribution is -0.136. The summed E-state index contributed by atoms with van der Waals surface area (Å²) in [6.07, 6.45) is -0.189. The fourth-order valence-electron chi connectivity index (χ4n) is 1.15. The van der Waals surface area contributed by atoms with Crippen LogP contribution in [0.2, 0.25) is 0 Å². The van der Waals surface area contributed by atoms with Gasteiger partial charge in [-0.25, -0.2) is 4.39 Å². The van der Waals surface area contributed by atoms with E-state index in [1.54, 1.807) is 0 Å². The van der Waals surface area contributed by atoms with Crippen molar-refractivity contribution in [1.29, 1.82) is 0 Å². The highest BCUT2D eigenvalue weighted by molar-refractivity contribution is 5.70. The zero-order valence-corrected chi connectivity index (χ0v) is 8.72. The van der Waals surface area contributed by atoms with Crippen LogP contribution in [0.5, 0.6) is 0 Å². The average molecular weight is 233 g/mol. The van der Waals surface area contributed by atoms with Crippen LogP contribution >= 0.6 is 0 Å². The second-order valence-corrected chi connectivity index (χ2v) is 3.08. The Morgan fingerprint density at radius 2 is 2.35 bits per heavy atom. The quantitative estimate of drug-likeness (QED) is 0.375. The van der Waals surface area contributed by atoms with Gasteiger partial charge in [0.15, 0.2) is 0 Å². The van der Waals surface area contributed by atoms with Gasteiger partial charge in [-0.05, 0) is 23.2 Å². The van der Waals surface area contributed by atoms with Gasteiger partial charge in [-0.1, -0.05) is 23.0 Å². The van der Waals surface area contributed by atoms with Crippen molar-refractivity contribution < 1.29 is 14.3 Å². The molecule has 1 N–H and O–H groups in total. The lowest BCUT2D eigenvalue weighted by atomic mass is 10.1. The molecule has 1 rings (SSSR count). The number of aliphatic carboxylic acids is 1. The molecule has 0 aliphatic heterocycles. The molecule has 0 radical (unpaired) electrons. The van der Waals surface area contributed by atoms with E-state index in [0.29, 0.717) is 5.56 Å². The highest BCUT2D eigenvalue weighted by Gasteiger charge is 2.04. The summed E-state index contributed by atoms with van der Waals surface area (Å²) in [5.41, 5.74) is 8.57. The SMILES string of the molecule is [N-]=[N+]=NCC#Cc1cc(CC(=O)O)ccc1F. The van der Waals surface area contributed by atoms with Gasteiger partial charge in [0.25, 0.3) is 0 Å². The van der Waals surface area contributed by atoms with E-state index in [2.05, 4.69) is 21.9 Å². The molecule has 0 atom stereocenters. The largest absolute Gasteiger partial charge is 0.481 e. The summed E-state index contributed by atoms with van der Waals surface area (Å²) in [6.45, 7) is -0.0565. The zero-order chi connectivity index (χ0) is 12.7. The number of carboxylic acids is 1. The normalized spacial score (nSPS) is 8.76.